The monoisotopic (exact) mass is 271 g/mol. The molecule has 0 saturated heterocycles. The van der Waals surface area contributed by atoms with Crippen molar-refractivity contribution in [2.75, 3.05) is 6.54 Å². The summed E-state index contributed by atoms with van der Waals surface area (Å²) in [5.74, 6) is 0.0897. The van der Waals surface area contributed by atoms with E-state index in [4.69, 9.17) is 18.0 Å². The number of nitrogens with two attached hydrogens (primary N) is 1. The normalized spacial score (nSPS) is 18.3. The van der Waals surface area contributed by atoms with Gasteiger partial charge < -0.3 is 11.1 Å². The van der Waals surface area contributed by atoms with E-state index in [0.29, 0.717) is 17.6 Å². The molecular weight excluding hydrogens is 246 g/mol. The van der Waals surface area contributed by atoms with Crippen LogP contribution in [0.4, 0.5) is 0 Å². The minimum atomic E-state index is -0.188. The van der Waals surface area contributed by atoms with Crippen molar-refractivity contribution in [1.82, 2.24) is 10.2 Å². The summed E-state index contributed by atoms with van der Waals surface area (Å²) >= 11 is 4.94. The number of amides is 1. The van der Waals surface area contributed by atoms with E-state index in [1.54, 1.807) is 0 Å². The van der Waals surface area contributed by atoms with Crippen LogP contribution >= 0.6 is 12.2 Å². The number of hydrogen-bond donors (Lipinski definition) is 2. The summed E-state index contributed by atoms with van der Waals surface area (Å²) in [5, 5.41) is 3.12. The van der Waals surface area contributed by atoms with Crippen LogP contribution in [0.3, 0.4) is 0 Å². The lowest BCUT2D eigenvalue weighted by atomic mass is 10.1. The summed E-state index contributed by atoms with van der Waals surface area (Å²) in [6.45, 7) is 6.52. The van der Waals surface area contributed by atoms with Crippen LogP contribution in [-0.2, 0) is 4.79 Å². The van der Waals surface area contributed by atoms with Crippen LogP contribution in [0.25, 0.3) is 0 Å². The highest BCUT2D eigenvalue weighted by Crippen LogP contribution is 2.18. The molecule has 0 spiro atoms. The van der Waals surface area contributed by atoms with Crippen molar-refractivity contribution in [3.05, 3.63) is 0 Å². The molecule has 104 valence electrons. The Bertz CT molecular complexity index is 301. The van der Waals surface area contributed by atoms with Crippen molar-refractivity contribution in [3.63, 3.8) is 0 Å². The first-order valence-corrected chi connectivity index (χ1v) is 7.17. The Labute approximate surface area is 115 Å². The molecular formula is C13H25N3OS. The smallest absolute Gasteiger partial charge is 0.237 e. The van der Waals surface area contributed by atoms with Crippen molar-refractivity contribution in [1.29, 1.82) is 0 Å². The van der Waals surface area contributed by atoms with Crippen LogP contribution < -0.4 is 11.1 Å². The van der Waals surface area contributed by atoms with Crippen molar-refractivity contribution < 1.29 is 4.79 Å². The molecule has 0 radical (unpaired) electrons. The lowest BCUT2D eigenvalue weighted by Crippen LogP contribution is -2.52. The van der Waals surface area contributed by atoms with Gasteiger partial charge in [-0.3, -0.25) is 9.69 Å². The zero-order valence-electron chi connectivity index (χ0n) is 11.6. The van der Waals surface area contributed by atoms with Gasteiger partial charge in [0.2, 0.25) is 5.91 Å². The van der Waals surface area contributed by atoms with E-state index in [9.17, 15) is 4.79 Å². The van der Waals surface area contributed by atoms with E-state index in [1.165, 1.54) is 12.8 Å². The predicted octanol–water partition coefficient (Wildman–Crippen LogP) is 1.43. The number of carbonyl (C=O) groups is 1. The quantitative estimate of drug-likeness (QED) is 0.718. The maximum atomic E-state index is 12.2. The standard InChI is InChI=1S/C13H25N3OS/c1-9(2)16(8-12(14)18)10(3)13(17)15-11-6-4-5-7-11/h9-11H,4-8H2,1-3H3,(H2,14,18)(H,15,17). The molecule has 5 heteroatoms. The van der Waals surface area contributed by atoms with Gasteiger partial charge in [0.1, 0.15) is 0 Å². The van der Waals surface area contributed by atoms with Gasteiger partial charge in [0.15, 0.2) is 0 Å². The largest absolute Gasteiger partial charge is 0.392 e. The van der Waals surface area contributed by atoms with Crippen molar-refractivity contribution >= 4 is 23.1 Å². The Kier molecular flexibility index (Phi) is 6.02. The molecule has 1 unspecified atom stereocenters. The molecule has 0 aromatic heterocycles. The molecule has 4 nitrogen and oxygen atoms in total. The average molecular weight is 271 g/mol. The Morgan fingerprint density at radius 3 is 2.39 bits per heavy atom. The highest BCUT2D eigenvalue weighted by molar-refractivity contribution is 7.80. The third kappa shape index (κ3) is 4.53. The van der Waals surface area contributed by atoms with Crippen LogP contribution in [0, 0.1) is 0 Å². The van der Waals surface area contributed by atoms with Gasteiger partial charge in [0, 0.05) is 18.6 Å². The topological polar surface area (TPSA) is 58.4 Å². The van der Waals surface area contributed by atoms with Crippen molar-refractivity contribution in [2.24, 2.45) is 5.73 Å². The predicted molar refractivity (Wildman–Crippen MR) is 78.5 cm³/mol. The molecule has 0 bridgehead atoms. The van der Waals surface area contributed by atoms with Gasteiger partial charge in [0.25, 0.3) is 0 Å². The minimum absolute atomic E-state index is 0.0897. The summed E-state index contributed by atoms with van der Waals surface area (Å²) in [7, 11) is 0. The third-order valence-electron chi connectivity index (χ3n) is 3.58. The van der Waals surface area contributed by atoms with Gasteiger partial charge in [-0.05, 0) is 33.6 Å². The second kappa shape index (κ2) is 7.04. The van der Waals surface area contributed by atoms with Crippen LogP contribution in [0.1, 0.15) is 46.5 Å². The molecule has 1 rings (SSSR count). The minimum Gasteiger partial charge on any atom is -0.392 e. The van der Waals surface area contributed by atoms with Gasteiger partial charge in [-0.1, -0.05) is 25.1 Å². The molecule has 0 aromatic rings. The number of carbonyl (C=O) groups excluding carboxylic acids is 1. The van der Waals surface area contributed by atoms with E-state index < -0.39 is 0 Å². The highest BCUT2D eigenvalue weighted by Gasteiger charge is 2.26. The molecule has 0 heterocycles. The SMILES string of the molecule is CC(C)N(CC(N)=S)C(C)C(=O)NC1CCCC1. The van der Waals surface area contributed by atoms with Gasteiger partial charge in [-0.25, -0.2) is 0 Å². The number of nitrogens with zero attached hydrogens (tertiary/aromatic N) is 1. The van der Waals surface area contributed by atoms with Crippen LogP contribution in [0.5, 0.6) is 0 Å². The molecule has 1 fully saturated rings. The Morgan fingerprint density at radius 2 is 1.94 bits per heavy atom. The molecule has 1 aliphatic carbocycles. The second-order valence-electron chi connectivity index (χ2n) is 5.40. The van der Waals surface area contributed by atoms with Gasteiger partial charge >= 0.3 is 0 Å². The Hall–Kier alpha value is -0.680. The van der Waals surface area contributed by atoms with Crippen LogP contribution in [0.15, 0.2) is 0 Å². The number of nitrogens with one attached hydrogen (secondary N) is 1. The fourth-order valence-corrected chi connectivity index (χ4v) is 2.64. The van der Waals surface area contributed by atoms with E-state index in [2.05, 4.69) is 19.2 Å². The first kappa shape index (κ1) is 15.4. The van der Waals surface area contributed by atoms with Crippen LogP contribution in [0.2, 0.25) is 0 Å². The summed E-state index contributed by atoms with van der Waals surface area (Å²) in [6.07, 6.45) is 4.66. The molecule has 3 N–H and O–H groups in total. The zero-order chi connectivity index (χ0) is 13.7. The third-order valence-corrected chi connectivity index (χ3v) is 3.71. The van der Waals surface area contributed by atoms with Gasteiger partial charge in [-0.2, -0.15) is 0 Å². The summed E-state index contributed by atoms with van der Waals surface area (Å²) in [6, 6.07) is 0.418. The molecule has 0 aromatic carbocycles. The van der Waals surface area contributed by atoms with Crippen molar-refractivity contribution in [2.45, 2.75) is 64.6 Å². The van der Waals surface area contributed by atoms with E-state index >= 15 is 0 Å². The Morgan fingerprint density at radius 1 is 1.39 bits per heavy atom. The lowest BCUT2D eigenvalue weighted by Gasteiger charge is -2.32. The van der Waals surface area contributed by atoms with E-state index in [1.807, 2.05) is 11.8 Å². The van der Waals surface area contributed by atoms with Crippen LogP contribution in [-0.4, -0.2) is 40.5 Å². The molecule has 1 saturated carbocycles. The van der Waals surface area contributed by atoms with Gasteiger partial charge in [0.05, 0.1) is 11.0 Å². The fraction of sp³-hybridized carbons (Fsp3) is 0.846. The molecule has 0 aliphatic heterocycles. The summed E-state index contributed by atoms with van der Waals surface area (Å²) < 4.78 is 0. The first-order chi connectivity index (χ1) is 8.41. The summed E-state index contributed by atoms with van der Waals surface area (Å²) in [4.78, 5) is 14.7. The fourth-order valence-electron chi connectivity index (χ4n) is 2.49. The number of hydrogen-bond acceptors (Lipinski definition) is 3. The molecule has 18 heavy (non-hydrogen) atoms. The lowest BCUT2D eigenvalue weighted by molar-refractivity contribution is -0.126. The van der Waals surface area contributed by atoms with E-state index in [0.717, 1.165) is 12.8 Å². The van der Waals surface area contributed by atoms with E-state index in [-0.39, 0.29) is 18.0 Å². The average Bonchev–Trinajstić information content (AvgIpc) is 2.77. The first-order valence-electron chi connectivity index (χ1n) is 6.76. The molecule has 1 aliphatic rings. The second-order valence-corrected chi connectivity index (χ2v) is 5.92. The Balaban J connectivity index is 2.54. The van der Waals surface area contributed by atoms with Gasteiger partial charge in [-0.15, -0.1) is 0 Å². The number of thiocarbonyl (C=S) groups is 1. The highest BCUT2D eigenvalue weighted by atomic mass is 32.1. The maximum Gasteiger partial charge on any atom is 0.237 e. The summed E-state index contributed by atoms with van der Waals surface area (Å²) in [5.41, 5.74) is 5.59. The zero-order valence-corrected chi connectivity index (χ0v) is 12.4. The molecule has 1 atom stereocenters. The maximum absolute atomic E-state index is 12.2. The molecule has 1 amide bonds. The van der Waals surface area contributed by atoms with Crippen molar-refractivity contribution in [3.8, 4) is 0 Å². The number of rotatable bonds is 6.